The van der Waals surface area contributed by atoms with Crippen molar-refractivity contribution in [2.75, 3.05) is 11.4 Å². The lowest BCUT2D eigenvalue weighted by atomic mass is 10.00. The Morgan fingerprint density at radius 1 is 0.886 bits per heavy atom. The molecule has 2 aromatic carbocycles. The van der Waals surface area contributed by atoms with E-state index in [0.29, 0.717) is 36.6 Å². The van der Waals surface area contributed by atoms with Crippen LogP contribution in [-0.2, 0) is 16.0 Å². The van der Waals surface area contributed by atoms with Gasteiger partial charge in [-0.25, -0.2) is 9.97 Å². The first-order valence-electron chi connectivity index (χ1n) is 12.1. The summed E-state index contributed by atoms with van der Waals surface area (Å²) in [6, 6.07) is 16.2. The Labute approximate surface area is 205 Å². The minimum absolute atomic E-state index is 0.128. The van der Waals surface area contributed by atoms with Crippen molar-refractivity contribution < 1.29 is 19.8 Å². The molecule has 2 N–H and O–H groups in total. The standard InChI is InChI=1S/C28H31N3O4/c1-18-8-12-20(13-9-18)25-26(21-14-10-19(2)11-15-21)30-27-22(29-25)17-23(32)28(35)31(27)16-6-4-3-5-7-24(33)34/h8-15,23,32H,3-7,16-17H2,1-2H3,(H,33,34)/t23-/m0/s1. The summed E-state index contributed by atoms with van der Waals surface area (Å²) in [7, 11) is 0. The molecule has 1 atom stereocenters. The highest BCUT2D eigenvalue weighted by Crippen LogP contribution is 2.35. The van der Waals surface area contributed by atoms with Crippen LogP contribution in [0.1, 0.15) is 48.9 Å². The molecule has 1 aliphatic rings. The number of aryl methyl sites for hydroxylation is 2. The summed E-state index contributed by atoms with van der Waals surface area (Å²) in [6.45, 7) is 4.47. The molecule has 0 saturated carbocycles. The van der Waals surface area contributed by atoms with Crippen molar-refractivity contribution in [3.8, 4) is 22.5 Å². The highest BCUT2D eigenvalue weighted by Gasteiger charge is 2.34. The van der Waals surface area contributed by atoms with Gasteiger partial charge in [-0.2, -0.15) is 0 Å². The van der Waals surface area contributed by atoms with Gasteiger partial charge in [-0.05, 0) is 26.7 Å². The normalized spacial score (nSPS) is 15.2. The zero-order valence-corrected chi connectivity index (χ0v) is 20.2. The van der Waals surface area contributed by atoms with E-state index in [1.807, 2.05) is 62.4 Å². The SMILES string of the molecule is Cc1ccc(-c2nc3c(nc2-c2ccc(C)cc2)N(CCCCCCC(=O)O)C(=O)[C@@H](O)C3)cc1. The van der Waals surface area contributed by atoms with E-state index in [4.69, 9.17) is 15.1 Å². The number of unbranched alkanes of at least 4 members (excludes halogenated alkanes) is 3. The Kier molecular flexibility index (Phi) is 7.56. The number of aliphatic carboxylic acids is 1. The van der Waals surface area contributed by atoms with Gasteiger partial charge in [0.25, 0.3) is 5.91 Å². The van der Waals surface area contributed by atoms with Gasteiger partial charge >= 0.3 is 5.97 Å². The Morgan fingerprint density at radius 3 is 2.00 bits per heavy atom. The number of anilines is 1. The predicted molar refractivity (Wildman–Crippen MR) is 135 cm³/mol. The minimum Gasteiger partial charge on any atom is -0.481 e. The summed E-state index contributed by atoms with van der Waals surface area (Å²) in [4.78, 5) is 35.1. The largest absolute Gasteiger partial charge is 0.481 e. The second-order valence-corrected chi connectivity index (χ2v) is 9.19. The van der Waals surface area contributed by atoms with Gasteiger partial charge in [-0.1, -0.05) is 72.5 Å². The van der Waals surface area contributed by atoms with Crippen LogP contribution in [0, 0.1) is 13.8 Å². The van der Waals surface area contributed by atoms with Crippen molar-refractivity contribution in [3.05, 3.63) is 65.4 Å². The summed E-state index contributed by atoms with van der Waals surface area (Å²) >= 11 is 0. The highest BCUT2D eigenvalue weighted by molar-refractivity contribution is 5.99. The third-order valence-corrected chi connectivity index (χ3v) is 6.31. The predicted octanol–water partition coefficient (Wildman–Crippen LogP) is 4.71. The topological polar surface area (TPSA) is 104 Å². The van der Waals surface area contributed by atoms with Crippen molar-refractivity contribution in [2.45, 2.75) is 58.5 Å². The molecule has 0 fully saturated rings. The number of aliphatic hydroxyl groups is 1. The number of fused-ring (bicyclic) bond motifs is 1. The van der Waals surface area contributed by atoms with Gasteiger partial charge in [0, 0.05) is 30.5 Å². The first-order valence-corrected chi connectivity index (χ1v) is 12.1. The van der Waals surface area contributed by atoms with Crippen LogP contribution in [0.2, 0.25) is 0 Å². The molecule has 7 heteroatoms. The summed E-state index contributed by atoms with van der Waals surface area (Å²) in [5, 5.41) is 19.3. The van der Waals surface area contributed by atoms with Crippen molar-refractivity contribution in [3.63, 3.8) is 0 Å². The zero-order valence-electron chi connectivity index (χ0n) is 20.2. The van der Waals surface area contributed by atoms with Crippen LogP contribution < -0.4 is 4.90 Å². The van der Waals surface area contributed by atoms with Gasteiger partial charge < -0.3 is 10.2 Å². The number of carboxylic acid groups (broad SMARTS) is 1. The Hall–Kier alpha value is -3.58. The van der Waals surface area contributed by atoms with Crippen LogP contribution in [0.25, 0.3) is 22.5 Å². The number of carbonyl (C=O) groups excluding carboxylic acids is 1. The van der Waals surface area contributed by atoms with E-state index in [1.165, 1.54) is 0 Å². The maximum absolute atomic E-state index is 12.9. The number of aliphatic hydroxyl groups excluding tert-OH is 1. The number of amides is 1. The average Bonchev–Trinajstić information content (AvgIpc) is 2.83. The second kappa shape index (κ2) is 10.8. The Balaban J connectivity index is 1.70. The van der Waals surface area contributed by atoms with E-state index in [2.05, 4.69) is 0 Å². The third kappa shape index (κ3) is 5.74. The van der Waals surface area contributed by atoms with Crippen LogP contribution in [0.15, 0.2) is 48.5 Å². The fourth-order valence-corrected chi connectivity index (χ4v) is 4.31. The fourth-order valence-electron chi connectivity index (χ4n) is 4.31. The summed E-state index contributed by atoms with van der Waals surface area (Å²) in [5.41, 5.74) is 6.15. The molecule has 0 aliphatic carbocycles. The van der Waals surface area contributed by atoms with Gasteiger partial charge in [0.15, 0.2) is 5.82 Å². The van der Waals surface area contributed by atoms with E-state index in [0.717, 1.165) is 40.8 Å². The number of carboxylic acids is 1. The van der Waals surface area contributed by atoms with E-state index in [9.17, 15) is 14.7 Å². The molecule has 2 heterocycles. The van der Waals surface area contributed by atoms with Crippen LogP contribution in [0.4, 0.5) is 5.82 Å². The molecule has 7 nitrogen and oxygen atoms in total. The summed E-state index contributed by atoms with van der Waals surface area (Å²) < 4.78 is 0. The highest BCUT2D eigenvalue weighted by atomic mass is 16.4. The van der Waals surface area contributed by atoms with Crippen LogP contribution in [-0.4, -0.2) is 44.7 Å². The number of rotatable bonds is 9. The molecule has 3 aromatic rings. The molecule has 4 rings (SSSR count). The van der Waals surface area contributed by atoms with Gasteiger partial charge in [0.05, 0.1) is 17.1 Å². The number of hydrogen-bond acceptors (Lipinski definition) is 5. The Morgan fingerprint density at radius 2 is 1.43 bits per heavy atom. The van der Waals surface area contributed by atoms with Crippen molar-refractivity contribution in [1.29, 1.82) is 0 Å². The number of nitrogens with zero attached hydrogens (tertiary/aromatic N) is 3. The molecule has 0 bridgehead atoms. The quantitative estimate of drug-likeness (QED) is 0.436. The molecule has 1 amide bonds. The van der Waals surface area contributed by atoms with Gasteiger partial charge in [0.2, 0.25) is 0 Å². The lowest BCUT2D eigenvalue weighted by molar-refractivity contribution is -0.137. The van der Waals surface area contributed by atoms with E-state index < -0.39 is 12.1 Å². The first kappa shape index (κ1) is 24.5. The smallest absolute Gasteiger partial charge is 0.303 e. The number of benzene rings is 2. The molecule has 0 spiro atoms. The lowest BCUT2D eigenvalue weighted by Gasteiger charge is -2.31. The molecular formula is C28H31N3O4. The fraction of sp³-hybridized carbons (Fsp3) is 0.357. The molecule has 0 unspecified atom stereocenters. The van der Waals surface area contributed by atoms with E-state index in [-0.39, 0.29) is 18.7 Å². The number of aromatic nitrogens is 2. The average molecular weight is 474 g/mol. The number of carbonyl (C=O) groups is 2. The van der Waals surface area contributed by atoms with E-state index >= 15 is 0 Å². The van der Waals surface area contributed by atoms with Crippen molar-refractivity contribution in [1.82, 2.24) is 9.97 Å². The third-order valence-electron chi connectivity index (χ3n) is 6.31. The second-order valence-electron chi connectivity index (χ2n) is 9.19. The van der Waals surface area contributed by atoms with Crippen LogP contribution in [0.3, 0.4) is 0 Å². The molecule has 0 radical (unpaired) electrons. The molecule has 0 saturated heterocycles. The molecular weight excluding hydrogens is 442 g/mol. The van der Waals surface area contributed by atoms with Crippen molar-refractivity contribution in [2.24, 2.45) is 0 Å². The summed E-state index contributed by atoms with van der Waals surface area (Å²) in [6.07, 6.45) is 2.00. The zero-order chi connectivity index (χ0) is 24.9. The summed E-state index contributed by atoms with van der Waals surface area (Å²) in [5.74, 6) is -0.663. The maximum atomic E-state index is 12.9. The molecule has 1 aromatic heterocycles. The molecule has 182 valence electrons. The van der Waals surface area contributed by atoms with Crippen LogP contribution in [0.5, 0.6) is 0 Å². The Bertz CT molecular complexity index is 1210. The van der Waals surface area contributed by atoms with Gasteiger partial charge in [-0.15, -0.1) is 0 Å². The van der Waals surface area contributed by atoms with Crippen LogP contribution >= 0.6 is 0 Å². The first-order chi connectivity index (χ1) is 16.8. The maximum Gasteiger partial charge on any atom is 0.303 e. The minimum atomic E-state index is -1.15. The monoisotopic (exact) mass is 473 g/mol. The van der Waals surface area contributed by atoms with Crippen molar-refractivity contribution >= 4 is 17.7 Å². The molecule has 1 aliphatic heterocycles. The molecule has 35 heavy (non-hydrogen) atoms. The lowest BCUT2D eigenvalue weighted by Crippen LogP contribution is -2.46. The van der Waals surface area contributed by atoms with Gasteiger partial charge in [0.1, 0.15) is 6.10 Å². The van der Waals surface area contributed by atoms with Gasteiger partial charge in [-0.3, -0.25) is 14.5 Å². The van der Waals surface area contributed by atoms with E-state index in [1.54, 1.807) is 4.90 Å². The number of hydrogen-bond donors (Lipinski definition) is 2.